The van der Waals surface area contributed by atoms with Crippen molar-refractivity contribution < 1.29 is 23.1 Å². The number of rotatable bonds is 8. The van der Waals surface area contributed by atoms with Crippen molar-refractivity contribution in [3.05, 3.63) is 102 Å². The third kappa shape index (κ3) is 3.65. The first-order valence-electron chi connectivity index (χ1n) is 9.05. The van der Waals surface area contributed by atoms with Gasteiger partial charge in [-0.25, -0.2) is 0 Å². The van der Waals surface area contributed by atoms with Crippen LogP contribution in [0.2, 0.25) is 0 Å². The van der Waals surface area contributed by atoms with Crippen LogP contribution in [0.4, 0.5) is 0 Å². The third-order valence-electron chi connectivity index (χ3n) is 4.99. The van der Waals surface area contributed by atoms with Crippen molar-refractivity contribution >= 4 is 13.1 Å². The number of hydrogen-bond donors (Lipinski definition) is 0. The van der Waals surface area contributed by atoms with E-state index in [1.165, 1.54) is 14.2 Å². The number of carbonyl (C=O) groups is 1. The molecule has 150 valence electrons. The minimum atomic E-state index is -4.08. The van der Waals surface area contributed by atoms with E-state index in [9.17, 15) is 9.36 Å². The van der Waals surface area contributed by atoms with Crippen LogP contribution in [0.3, 0.4) is 0 Å². The van der Waals surface area contributed by atoms with Crippen LogP contribution in [0.25, 0.3) is 0 Å². The SMILES string of the molecule is COc1ccc(C(C(=O)P(=O)(OC)OC)(c2ccccc2)c2ccccc2)cc1. The Bertz CT molecular complexity index is 953. The Kier molecular flexibility index (Phi) is 6.33. The maximum atomic E-state index is 14.0. The highest BCUT2D eigenvalue weighted by atomic mass is 31.2. The second-order valence-electron chi connectivity index (χ2n) is 6.38. The monoisotopic (exact) mass is 410 g/mol. The van der Waals surface area contributed by atoms with E-state index in [1.54, 1.807) is 31.4 Å². The molecule has 0 atom stereocenters. The Morgan fingerprint density at radius 1 is 0.690 bits per heavy atom. The van der Waals surface area contributed by atoms with Gasteiger partial charge in [0.15, 0.2) is 0 Å². The predicted molar refractivity (Wildman–Crippen MR) is 112 cm³/mol. The molecule has 5 nitrogen and oxygen atoms in total. The van der Waals surface area contributed by atoms with Gasteiger partial charge in [-0.2, -0.15) is 0 Å². The third-order valence-corrected chi connectivity index (χ3v) is 6.78. The molecule has 0 aliphatic heterocycles. The molecule has 0 heterocycles. The fourth-order valence-corrected chi connectivity index (χ4v) is 4.81. The van der Waals surface area contributed by atoms with Gasteiger partial charge in [-0.1, -0.05) is 72.8 Å². The van der Waals surface area contributed by atoms with Gasteiger partial charge in [0.2, 0.25) is 0 Å². The molecule has 0 unspecified atom stereocenters. The molecule has 0 spiro atoms. The molecule has 29 heavy (non-hydrogen) atoms. The van der Waals surface area contributed by atoms with Crippen molar-refractivity contribution in [1.82, 2.24) is 0 Å². The van der Waals surface area contributed by atoms with E-state index in [0.29, 0.717) is 22.4 Å². The average molecular weight is 410 g/mol. The molecule has 0 bridgehead atoms. The van der Waals surface area contributed by atoms with Crippen molar-refractivity contribution in [2.24, 2.45) is 0 Å². The van der Waals surface area contributed by atoms with E-state index in [1.807, 2.05) is 60.7 Å². The lowest BCUT2D eigenvalue weighted by Crippen LogP contribution is -2.39. The van der Waals surface area contributed by atoms with Gasteiger partial charge in [0.1, 0.15) is 11.2 Å². The lowest BCUT2D eigenvalue weighted by Gasteiger charge is -2.35. The number of benzene rings is 3. The zero-order valence-corrected chi connectivity index (χ0v) is 17.5. The largest absolute Gasteiger partial charge is 0.497 e. The maximum Gasteiger partial charge on any atom is 0.397 e. The Hall–Kier alpha value is -2.72. The number of methoxy groups -OCH3 is 1. The summed E-state index contributed by atoms with van der Waals surface area (Å²) in [5.41, 5.74) is -0.0879. The Balaban J connectivity index is 2.42. The summed E-state index contributed by atoms with van der Waals surface area (Å²) in [6.45, 7) is 0. The van der Waals surface area contributed by atoms with Crippen LogP contribution in [-0.4, -0.2) is 26.9 Å². The molecule has 0 saturated carbocycles. The van der Waals surface area contributed by atoms with Crippen LogP contribution in [0, 0.1) is 0 Å². The Morgan fingerprint density at radius 3 is 1.48 bits per heavy atom. The summed E-state index contributed by atoms with van der Waals surface area (Å²) in [6, 6.07) is 25.6. The smallest absolute Gasteiger partial charge is 0.397 e. The van der Waals surface area contributed by atoms with Gasteiger partial charge in [-0.05, 0) is 28.8 Å². The Labute approximate surface area is 170 Å². The number of ether oxygens (including phenoxy) is 1. The van der Waals surface area contributed by atoms with E-state index in [-0.39, 0.29) is 0 Å². The zero-order chi connectivity index (χ0) is 20.9. The van der Waals surface area contributed by atoms with E-state index in [0.717, 1.165) is 0 Å². The van der Waals surface area contributed by atoms with Gasteiger partial charge < -0.3 is 13.8 Å². The standard InChI is InChI=1S/C23H23O5P/c1-26-21-16-14-20(15-17-21)23(18-10-6-4-7-11-18,19-12-8-5-9-13-19)22(24)29(25,27-2)28-3/h4-17H,1-3H3. The van der Waals surface area contributed by atoms with Gasteiger partial charge in [0.25, 0.3) is 5.52 Å². The molecule has 0 aliphatic rings. The molecule has 0 aromatic heterocycles. The molecular weight excluding hydrogens is 387 g/mol. The van der Waals surface area contributed by atoms with Crippen molar-refractivity contribution in [3.63, 3.8) is 0 Å². The summed E-state index contributed by atoms with van der Waals surface area (Å²) in [5.74, 6) is 0.651. The topological polar surface area (TPSA) is 61.8 Å². The molecule has 0 amide bonds. The first-order valence-corrected chi connectivity index (χ1v) is 10.6. The zero-order valence-electron chi connectivity index (χ0n) is 16.6. The quantitative estimate of drug-likeness (QED) is 0.385. The van der Waals surface area contributed by atoms with Crippen LogP contribution < -0.4 is 4.74 Å². The summed E-state index contributed by atoms with van der Waals surface area (Å²) >= 11 is 0. The molecule has 3 rings (SSSR count). The normalized spacial score (nSPS) is 11.8. The van der Waals surface area contributed by atoms with Crippen molar-refractivity contribution in [3.8, 4) is 5.75 Å². The summed E-state index contributed by atoms with van der Waals surface area (Å²) in [6.07, 6.45) is 0. The van der Waals surface area contributed by atoms with Crippen molar-refractivity contribution in [1.29, 1.82) is 0 Å². The van der Waals surface area contributed by atoms with Gasteiger partial charge in [-0.15, -0.1) is 0 Å². The van der Waals surface area contributed by atoms with E-state index in [2.05, 4.69) is 0 Å². The van der Waals surface area contributed by atoms with Crippen LogP contribution in [0.15, 0.2) is 84.9 Å². The molecule has 3 aromatic carbocycles. The minimum absolute atomic E-state index is 0.634. The fourth-order valence-electron chi connectivity index (χ4n) is 3.53. The highest BCUT2D eigenvalue weighted by molar-refractivity contribution is 7.72. The molecule has 0 fully saturated rings. The van der Waals surface area contributed by atoms with Crippen molar-refractivity contribution in [2.45, 2.75) is 5.41 Å². The van der Waals surface area contributed by atoms with Gasteiger partial charge in [0, 0.05) is 14.2 Å². The molecule has 0 aliphatic carbocycles. The highest BCUT2D eigenvalue weighted by Crippen LogP contribution is 2.57. The van der Waals surface area contributed by atoms with E-state index in [4.69, 9.17) is 13.8 Å². The van der Waals surface area contributed by atoms with Crippen LogP contribution in [-0.2, 0) is 23.8 Å². The number of hydrogen-bond acceptors (Lipinski definition) is 5. The minimum Gasteiger partial charge on any atom is -0.497 e. The lowest BCUT2D eigenvalue weighted by molar-refractivity contribution is -0.116. The van der Waals surface area contributed by atoms with Gasteiger partial charge >= 0.3 is 7.60 Å². The van der Waals surface area contributed by atoms with Crippen LogP contribution in [0.1, 0.15) is 16.7 Å². The summed E-state index contributed by atoms with van der Waals surface area (Å²) < 4.78 is 28.8. The molecule has 6 heteroatoms. The van der Waals surface area contributed by atoms with E-state index >= 15 is 0 Å². The molecular formula is C23H23O5P. The number of carbonyl (C=O) groups excluding carboxylic acids is 1. The molecule has 3 aromatic rings. The van der Waals surface area contributed by atoms with Gasteiger partial charge in [0.05, 0.1) is 7.11 Å². The summed E-state index contributed by atoms with van der Waals surface area (Å²) in [7, 11) is -0.0654. The van der Waals surface area contributed by atoms with Gasteiger partial charge in [-0.3, -0.25) is 9.36 Å². The summed E-state index contributed by atoms with van der Waals surface area (Å²) in [4.78, 5) is 14.0. The average Bonchev–Trinajstić information content (AvgIpc) is 2.81. The first-order chi connectivity index (χ1) is 14.0. The first kappa shape index (κ1) is 21.0. The predicted octanol–water partition coefficient (Wildman–Crippen LogP) is 5.04. The summed E-state index contributed by atoms with van der Waals surface area (Å²) in [5, 5.41) is 0. The lowest BCUT2D eigenvalue weighted by atomic mass is 9.70. The Morgan fingerprint density at radius 2 is 1.10 bits per heavy atom. The van der Waals surface area contributed by atoms with E-state index < -0.39 is 18.5 Å². The fraction of sp³-hybridized carbons (Fsp3) is 0.174. The van der Waals surface area contributed by atoms with Crippen LogP contribution in [0.5, 0.6) is 5.75 Å². The maximum absolute atomic E-state index is 14.0. The second-order valence-corrected chi connectivity index (χ2v) is 8.51. The molecule has 0 radical (unpaired) electrons. The second kappa shape index (κ2) is 8.75. The molecule has 0 N–H and O–H groups in total. The molecule has 0 saturated heterocycles. The highest BCUT2D eigenvalue weighted by Gasteiger charge is 2.53. The van der Waals surface area contributed by atoms with Crippen LogP contribution >= 0.6 is 7.60 Å². The van der Waals surface area contributed by atoms with Crippen molar-refractivity contribution in [2.75, 3.05) is 21.3 Å².